The molecule has 3 heterocycles. The van der Waals surface area contributed by atoms with E-state index in [1.807, 2.05) is 10.8 Å². The average molecular weight is 457 g/mol. The van der Waals surface area contributed by atoms with Crippen LogP contribution in [0, 0.1) is 5.95 Å². The molecule has 0 saturated carbocycles. The van der Waals surface area contributed by atoms with E-state index in [0.717, 1.165) is 6.04 Å². The van der Waals surface area contributed by atoms with Crippen LogP contribution in [0.25, 0.3) is 22.2 Å². The zero-order chi connectivity index (χ0) is 18.9. The Balaban J connectivity index is 2.00. The van der Waals surface area contributed by atoms with Crippen molar-refractivity contribution in [3.8, 4) is 11.1 Å². The van der Waals surface area contributed by atoms with E-state index in [9.17, 15) is 4.39 Å². The van der Waals surface area contributed by atoms with Crippen LogP contribution >= 0.6 is 27.5 Å². The molecule has 0 fully saturated rings. The molecule has 0 bridgehead atoms. The van der Waals surface area contributed by atoms with E-state index < -0.39 is 14.0 Å². The van der Waals surface area contributed by atoms with Crippen LogP contribution in [0.4, 0.5) is 4.39 Å². The smallest absolute Gasteiger partial charge is 0.220 e. The summed E-state index contributed by atoms with van der Waals surface area (Å²) in [5.41, 5.74) is 1.70. The fourth-order valence-electron chi connectivity index (χ4n) is 2.63. The minimum Gasteiger partial charge on any atom is -0.361 e. The molecular formula is C18H20BrClFN3OSi. The number of fused-ring (bicyclic) bond motifs is 1. The first kappa shape index (κ1) is 19.5. The zero-order valence-electron chi connectivity index (χ0n) is 14.9. The molecule has 3 aromatic rings. The fraction of sp³-hybridized carbons (Fsp3) is 0.333. The first-order valence-corrected chi connectivity index (χ1v) is 13.2. The predicted molar refractivity (Wildman–Crippen MR) is 110 cm³/mol. The first-order valence-electron chi connectivity index (χ1n) is 8.29. The highest BCUT2D eigenvalue weighted by Gasteiger charge is 2.19. The molecule has 138 valence electrons. The van der Waals surface area contributed by atoms with Gasteiger partial charge in [0.2, 0.25) is 5.95 Å². The van der Waals surface area contributed by atoms with Crippen molar-refractivity contribution in [2.45, 2.75) is 32.4 Å². The summed E-state index contributed by atoms with van der Waals surface area (Å²) in [4.78, 5) is 8.21. The third-order valence-electron chi connectivity index (χ3n) is 4.06. The summed E-state index contributed by atoms with van der Waals surface area (Å²) in [5.74, 6) is -0.540. The van der Waals surface area contributed by atoms with Gasteiger partial charge in [-0.3, -0.25) is 0 Å². The van der Waals surface area contributed by atoms with Crippen molar-refractivity contribution in [1.82, 2.24) is 14.5 Å². The van der Waals surface area contributed by atoms with Gasteiger partial charge in [-0.05, 0) is 34.1 Å². The third kappa shape index (κ3) is 4.17. The summed E-state index contributed by atoms with van der Waals surface area (Å²) >= 11 is 9.89. The van der Waals surface area contributed by atoms with E-state index in [0.29, 0.717) is 45.0 Å². The van der Waals surface area contributed by atoms with Crippen LogP contribution in [0.15, 0.2) is 35.2 Å². The van der Waals surface area contributed by atoms with Gasteiger partial charge in [0.05, 0.1) is 9.50 Å². The number of ether oxygens (including phenoxy) is 1. The van der Waals surface area contributed by atoms with Gasteiger partial charge in [-0.1, -0.05) is 31.2 Å². The van der Waals surface area contributed by atoms with Crippen molar-refractivity contribution < 1.29 is 9.13 Å². The molecule has 0 saturated heterocycles. The van der Waals surface area contributed by atoms with E-state index in [2.05, 4.69) is 45.5 Å². The lowest BCUT2D eigenvalue weighted by Crippen LogP contribution is -2.22. The Morgan fingerprint density at radius 3 is 2.73 bits per heavy atom. The normalized spacial score (nSPS) is 12.1. The Bertz CT molecular complexity index is 942. The lowest BCUT2D eigenvalue weighted by molar-refractivity contribution is 0.0899. The van der Waals surface area contributed by atoms with E-state index in [1.54, 1.807) is 18.3 Å². The minimum absolute atomic E-state index is 0.341. The van der Waals surface area contributed by atoms with Gasteiger partial charge in [0, 0.05) is 49.8 Å². The monoisotopic (exact) mass is 455 g/mol. The molecule has 3 rings (SSSR count). The maximum Gasteiger partial charge on any atom is 0.220 e. The van der Waals surface area contributed by atoms with E-state index in [-0.39, 0.29) is 0 Å². The second kappa shape index (κ2) is 7.76. The number of hydrogen-bond donors (Lipinski definition) is 0. The van der Waals surface area contributed by atoms with E-state index >= 15 is 0 Å². The van der Waals surface area contributed by atoms with Gasteiger partial charge in [-0.15, -0.1) is 0 Å². The van der Waals surface area contributed by atoms with Crippen molar-refractivity contribution >= 4 is 46.6 Å². The molecule has 0 atom stereocenters. The second-order valence-electron chi connectivity index (χ2n) is 7.32. The van der Waals surface area contributed by atoms with Gasteiger partial charge in [0.25, 0.3) is 0 Å². The molecule has 0 radical (unpaired) electrons. The zero-order valence-corrected chi connectivity index (χ0v) is 18.2. The Kier molecular flexibility index (Phi) is 5.81. The fourth-order valence-corrected chi connectivity index (χ4v) is 3.92. The van der Waals surface area contributed by atoms with Crippen LogP contribution in [-0.4, -0.2) is 29.2 Å². The summed E-state index contributed by atoms with van der Waals surface area (Å²) in [6.45, 7) is 7.96. The molecule has 0 unspecified atom stereocenters. The number of halogens is 3. The lowest BCUT2D eigenvalue weighted by atomic mass is 10.1. The number of rotatable bonds is 6. The van der Waals surface area contributed by atoms with Crippen molar-refractivity contribution in [3.63, 3.8) is 0 Å². The summed E-state index contributed by atoms with van der Waals surface area (Å²) in [6, 6.07) is 4.46. The summed E-state index contributed by atoms with van der Waals surface area (Å²) < 4.78 is 22.6. The maximum atomic E-state index is 14.3. The highest BCUT2D eigenvalue weighted by atomic mass is 79.9. The molecule has 0 spiro atoms. The Labute approximate surface area is 166 Å². The molecule has 0 aliphatic heterocycles. The molecule has 0 aliphatic carbocycles. The van der Waals surface area contributed by atoms with Gasteiger partial charge >= 0.3 is 0 Å². The highest BCUT2D eigenvalue weighted by molar-refractivity contribution is 9.10. The number of pyridine rings is 2. The Morgan fingerprint density at radius 2 is 2.04 bits per heavy atom. The largest absolute Gasteiger partial charge is 0.361 e. The first-order chi connectivity index (χ1) is 12.3. The van der Waals surface area contributed by atoms with Crippen LogP contribution in [0.1, 0.15) is 0 Å². The summed E-state index contributed by atoms with van der Waals surface area (Å²) in [7, 11) is -1.16. The third-order valence-corrected chi connectivity index (χ3v) is 6.98. The van der Waals surface area contributed by atoms with E-state index in [4.69, 9.17) is 16.3 Å². The summed E-state index contributed by atoms with van der Waals surface area (Å²) in [6.07, 6.45) is 4.89. The Hall–Kier alpha value is -1.28. The molecule has 8 heteroatoms. The minimum atomic E-state index is -1.16. The van der Waals surface area contributed by atoms with E-state index in [1.165, 1.54) is 6.20 Å². The number of hydrogen-bond acceptors (Lipinski definition) is 3. The molecule has 3 aromatic heterocycles. The van der Waals surface area contributed by atoms with Gasteiger partial charge in [0.15, 0.2) is 0 Å². The van der Waals surface area contributed by atoms with Gasteiger partial charge < -0.3 is 9.30 Å². The highest BCUT2D eigenvalue weighted by Crippen LogP contribution is 2.38. The number of nitrogens with zero attached hydrogens (tertiary/aromatic N) is 3. The van der Waals surface area contributed by atoms with Crippen molar-refractivity contribution in [1.29, 1.82) is 0 Å². The van der Waals surface area contributed by atoms with Crippen LogP contribution in [0.2, 0.25) is 30.7 Å². The molecule has 0 N–H and O–H groups in total. The predicted octanol–water partition coefficient (Wildman–Crippen LogP) is 5.97. The summed E-state index contributed by atoms with van der Waals surface area (Å²) in [5, 5.41) is 1.18. The average Bonchev–Trinajstić information content (AvgIpc) is 2.94. The SMILES string of the molecule is C[Si](C)(C)CCOCn1cc(-c2cccnc2F)c2c(Cl)c(Br)cnc21. The number of aromatic nitrogens is 3. The Morgan fingerprint density at radius 1 is 1.27 bits per heavy atom. The van der Waals surface area contributed by atoms with Crippen LogP contribution < -0.4 is 0 Å². The topological polar surface area (TPSA) is 39.9 Å². The molecule has 4 nitrogen and oxygen atoms in total. The second-order valence-corrected chi connectivity index (χ2v) is 14.2. The molecular weight excluding hydrogens is 437 g/mol. The molecule has 0 aliphatic rings. The van der Waals surface area contributed by atoms with Gasteiger partial charge in [-0.25, -0.2) is 9.97 Å². The van der Waals surface area contributed by atoms with Gasteiger partial charge in [-0.2, -0.15) is 4.39 Å². The van der Waals surface area contributed by atoms with Crippen molar-refractivity contribution in [2.75, 3.05) is 6.61 Å². The quantitative estimate of drug-likeness (QED) is 0.261. The maximum absolute atomic E-state index is 14.3. The van der Waals surface area contributed by atoms with Crippen LogP contribution in [0.3, 0.4) is 0 Å². The van der Waals surface area contributed by atoms with Gasteiger partial charge in [0.1, 0.15) is 12.4 Å². The molecule has 26 heavy (non-hydrogen) atoms. The molecule has 0 aromatic carbocycles. The standard InChI is InChI=1S/C18H20BrClFN3OSi/c1-26(2,3)8-7-25-11-24-10-13(12-5-4-6-22-17(12)21)15-16(20)14(19)9-23-18(15)24/h4-6,9-10H,7-8,11H2,1-3H3. The lowest BCUT2D eigenvalue weighted by Gasteiger charge is -2.15. The molecule has 0 amide bonds. The van der Waals surface area contributed by atoms with Crippen LogP contribution in [0.5, 0.6) is 0 Å². The van der Waals surface area contributed by atoms with Crippen molar-refractivity contribution in [2.24, 2.45) is 0 Å². The van der Waals surface area contributed by atoms with Crippen LogP contribution in [-0.2, 0) is 11.5 Å². The van der Waals surface area contributed by atoms with Crippen molar-refractivity contribution in [3.05, 3.63) is 46.2 Å².